The molecule has 0 radical (unpaired) electrons. The van der Waals surface area contributed by atoms with Crippen molar-refractivity contribution in [1.82, 2.24) is 9.88 Å². The van der Waals surface area contributed by atoms with Crippen molar-refractivity contribution < 1.29 is 0 Å². The van der Waals surface area contributed by atoms with Crippen molar-refractivity contribution in [1.29, 1.82) is 0 Å². The smallest absolute Gasteiger partial charge is 0.0470 e. The van der Waals surface area contributed by atoms with Crippen molar-refractivity contribution in [3.05, 3.63) is 58.3 Å². The summed E-state index contributed by atoms with van der Waals surface area (Å²) in [5.74, 6) is 0. The maximum atomic E-state index is 3.45. The zero-order valence-electron chi connectivity index (χ0n) is 10.9. The molecule has 0 saturated carbocycles. The standard InChI is InChI=1S/C15H19BrN2/c1-12(2)17-9-14-7-8-18(11-14)10-13-3-5-15(16)6-4-13/h3-8,11-12,17H,9-10H2,1-2H3. The van der Waals surface area contributed by atoms with Gasteiger partial charge in [-0.25, -0.2) is 0 Å². The van der Waals surface area contributed by atoms with E-state index >= 15 is 0 Å². The third kappa shape index (κ3) is 4.00. The van der Waals surface area contributed by atoms with Crippen LogP contribution in [0.1, 0.15) is 25.0 Å². The maximum Gasteiger partial charge on any atom is 0.0470 e. The first-order valence-electron chi connectivity index (χ1n) is 6.26. The lowest BCUT2D eigenvalue weighted by atomic mass is 10.2. The molecular formula is C15H19BrN2. The maximum absolute atomic E-state index is 3.45. The Kier molecular flexibility index (Phi) is 4.61. The number of rotatable bonds is 5. The van der Waals surface area contributed by atoms with E-state index in [2.05, 4.69) is 82.4 Å². The first-order valence-corrected chi connectivity index (χ1v) is 7.05. The summed E-state index contributed by atoms with van der Waals surface area (Å²) in [6.45, 7) is 6.19. The van der Waals surface area contributed by atoms with E-state index in [0.29, 0.717) is 6.04 Å². The Morgan fingerprint density at radius 1 is 1.11 bits per heavy atom. The van der Waals surface area contributed by atoms with E-state index in [9.17, 15) is 0 Å². The molecule has 0 aliphatic rings. The zero-order chi connectivity index (χ0) is 13.0. The second kappa shape index (κ2) is 6.21. The van der Waals surface area contributed by atoms with Crippen molar-refractivity contribution in [3.8, 4) is 0 Å². The third-order valence-electron chi connectivity index (χ3n) is 2.80. The summed E-state index contributed by atoms with van der Waals surface area (Å²) in [5, 5.41) is 3.43. The Balaban J connectivity index is 1.95. The molecule has 0 aliphatic heterocycles. The third-order valence-corrected chi connectivity index (χ3v) is 3.33. The minimum atomic E-state index is 0.528. The van der Waals surface area contributed by atoms with E-state index in [0.717, 1.165) is 17.6 Å². The molecule has 2 aromatic rings. The van der Waals surface area contributed by atoms with E-state index in [1.807, 2.05) is 0 Å². The minimum Gasteiger partial charge on any atom is -0.350 e. The Morgan fingerprint density at radius 3 is 2.50 bits per heavy atom. The highest BCUT2D eigenvalue weighted by atomic mass is 79.9. The van der Waals surface area contributed by atoms with Gasteiger partial charge in [0.15, 0.2) is 0 Å². The average molecular weight is 307 g/mol. The first kappa shape index (κ1) is 13.4. The fourth-order valence-corrected chi connectivity index (χ4v) is 2.08. The molecule has 2 rings (SSSR count). The van der Waals surface area contributed by atoms with Crippen LogP contribution in [0, 0.1) is 0 Å². The summed E-state index contributed by atoms with van der Waals surface area (Å²) in [6, 6.07) is 11.2. The Hall–Kier alpha value is -1.06. The van der Waals surface area contributed by atoms with Gasteiger partial charge in [-0.05, 0) is 29.3 Å². The van der Waals surface area contributed by atoms with Crippen LogP contribution in [0.15, 0.2) is 47.2 Å². The predicted octanol–water partition coefficient (Wildman–Crippen LogP) is 3.80. The largest absolute Gasteiger partial charge is 0.350 e. The molecule has 0 atom stereocenters. The SMILES string of the molecule is CC(C)NCc1ccn(Cc2ccc(Br)cc2)c1. The highest BCUT2D eigenvalue weighted by Gasteiger charge is 1.99. The highest BCUT2D eigenvalue weighted by molar-refractivity contribution is 9.10. The number of halogens is 1. The molecule has 0 aliphatic carbocycles. The second-order valence-electron chi connectivity index (χ2n) is 4.85. The van der Waals surface area contributed by atoms with Crippen molar-refractivity contribution in [3.63, 3.8) is 0 Å². The number of benzene rings is 1. The molecule has 3 heteroatoms. The van der Waals surface area contributed by atoms with Gasteiger partial charge in [0, 0.05) is 36.0 Å². The lowest BCUT2D eigenvalue weighted by Crippen LogP contribution is -2.21. The summed E-state index contributed by atoms with van der Waals surface area (Å²) < 4.78 is 3.35. The first-order chi connectivity index (χ1) is 8.63. The van der Waals surface area contributed by atoms with Gasteiger partial charge in [0.1, 0.15) is 0 Å². The molecule has 18 heavy (non-hydrogen) atoms. The van der Waals surface area contributed by atoms with E-state index in [4.69, 9.17) is 0 Å². The topological polar surface area (TPSA) is 17.0 Å². The van der Waals surface area contributed by atoms with E-state index < -0.39 is 0 Å². The number of hydrogen-bond donors (Lipinski definition) is 1. The molecule has 0 saturated heterocycles. The molecule has 0 spiro atoms. The van der Waals surface area contributed by atoms with Gasteiger partial charge in [-0.1, -0.05) is 41.9 Å². The predicted molar refractivity (Wildman–Crippen MR) is 79.7 cm³/mol. The normalized spacial score (nSPS) is 11.1. The van der Waals surface area contributed by atoms with Gasteiger partial charge in [-0.15, -0.1) is 0 Å². The summed E-state index contributed by atoms with van der Waals surface area (Å²) in [7, 11) is 0. The lowest BCUT2D eigenvalue weighted by molar-refractivity contribution is 0.588. The second-order valence-corrected chi connectivity index (χ2v) is 5.77. The molecule has 96 valence electrons. The molecule has 1 aromatic heterocycles. The number of nitrogens with zero attached hydrogens (tertiary/aromatic N) is 1. The van der Waals surface area contributed by atoms with Gasteiger partial charge in [0.2, 0.25) is 0 Å². The van der Waals surface area contributed by atoms with Crippen molar-refractivity contribution in [2.24, 2.45) is 0 Å². The molecule has 0 unspecified atom stereocenters. The van der Waals surface area contributed by atoms with Gasteiger partial charge < -0.3 is 9.88 Å². The van der Waals surface area contributed by atoms with Crippen LogP contribution in [0.3, 0.4) is 0 Å². The monoisotopic (exact) mass is 306 g/mol. The van der Waals surface area contributed by atoms with E-state index in [1.165, 1.54) is 11.1 Å². The fourth-order valence-electron chi connectivity index (χ4n) is 1.82. The van der Waals surface area contributed by atoms with Gasteiger partial charge >= 0.3 is 0 Å². The summed E-state index contributed by atoms with van der Waals surface area (Å²) >= 11 is 3.45. The van der Waals surface area contributed by atoms with Gasteiger partial charge in [-0.2, -0.15) is 0 Å². The van der Waals surface area contributed by atoms with Crippen LogP contribution in [0.5, 0.6) is 0 Å². The van der Waals surface area contributed by atoms with E-state index in [-0.39, 0.29) is 0 Å². The Morgan fingerprint density at radius 2 is 1.83 bits per heavy atom. The Labute approximate surface area is 117 Å². The van der Waals surface area contributed by atoms with Crippen LogP contribution in [-0.4, -0.2) is 10.6 Å². The highest BCUT2D eigenvalue weighted by Crippen LogP contribution is 2.12. The molecule has 1 aromatic carbocycles. The molecule has 0 bridgehead atoms. The van der Waals surface area contributed by atoms with E-state index in [1.54, 1.807) is 0 Å². The lowest BCUT2D eigenvalue weighted by Gasteiger charge is -2.06. The van der Waals surface area contributed by atoms with Crippen LogP contribution in [0.25, 0.3) is 0 Å². The molecule has 2 nitrogen and oxygen atoms in total. The van der Waals surface area contributed by atoms with Crippen LogP contribution >= 0.6 is 15.9 Å². The van der Waals surface area contributed by atoms with Crippen molar-refractivity contribution in [2.75, 3.05) is 0 Å². The molecule has 1 heterocycles. The Bertz CT molecular complexity index is 485. The van der Waals surface area contributed by atoms with Gasteiger partial charge in [0.25, 0.3) is 0 Å². The molecule has 1 N–H and O–H groups in total. The molecule has 0 fully saturated rings. The number of aromatic nitrogens is 1. The van der Waals surface area contributed by atoms with Crippen molar-refractivity contribution in [2.45, 2.75) is 33.0 Å². The zero-order valence-corrected chi connectivity index (χ0v) is 12.4. The van der Waals surface area contributed by atoms with Crippen molar-refractivity contribution >= 4 is 15.9 Å². The van der Waals surface area contributed by atoms with Crippen LogP contribution in [0.4, 0.5) is 0 Å². The number of hydrogen-bond acceptors (Lipinski definition) is 1. The van der Waals surface area contributed by atoms with Gasteiger partial charge in [0.05, 0.1) is 0 Å². The van der Waals surface area contributed by atoms with Crippen LogP contribution < -0.4 is 5.32 Å². The summed E-state index contributed by atoms with van der Waals surface area (Å²) in [4.78, 5) is 0. The van der Waals surface area contributed by atoms with Crippen LogP contribution in [-0.2, 0) is 13.1 Å². The van der Waals surface area contributed by atoms with Crippen LogP contribution in [0.2, 0.25) is 0 Å². The number of nitrogens with one attached hydrogen (secondary N) is 1. The average Bonchev–Trinajstić information content (AvgIpc) is 2.77. The molecule has 0 amide bonds. The van der Waals surface area contributed by atoms with Gasteiger partial charge in [-0.3, -0.25) is 0 Å². The quantitative estimate of drug-likeness (QED) is 0.889. The fraction of sp³-hybridized carbons (Fsp3) is 0.333. The summed E-state index contributed by atoms with van der Waals surface area (Å²) in [6.07, 6.45) is 4.34. The molecular weight excluding hydrogens is 288 g/mol. The minimum absolute atomic E-state index is 0.528. The summed E-state index contributed by atoms with van der Waals surface area (Å²) in [5.41, 5.74) is 2.65.